The normalized spacial score (nSPS) is 10.5. The van der Waals surface area contributed by atoms with Crippen molar-refractivity contribution >= 4 is 27.5 Å². The van der Waals surface area contributed by atoms with Crippen molar-refractivity contribution < 1.29 is 14.2 Å². The maximum absolute atomic E-state index is 13.1. The number of aliphatic hydroxyl groups is 1. The highest BCUT2D eigenvalue weighted by Crippen LogP contribution is 2.30. The Morgan fingerprint density at radius 3 is 2.74 bits per heavy atom. The van der Waals surface area contributed by atoms with Gasteiger partial charge in [0, 0.05) is 16.1 Å². The van der Waals surface area contributed by atoms with Gasteiger partial charge in [-0.1, -0.05) is 23.7 Å². The lowest BCUT2D eigenvalue weighted by Gasteiger charge is -2.12. The van der Waals surface area contributed by atoms with Gasteiger partial charge in [0.05, 0.1) is 11.1 Å². The lowest BCUT2D eigenvalue weighted by molar-refractivity contribution is 0.258. The minimum atomic E-state index is -0.363. The van der Waals surface area contributed by atoms with Crippen LogP contribution in [0, 0.1) is 5.82 Å². The van der Waals surface area contributed by atoms with Gasteiger partial charge in [-0.15, -0.1) is 0 Å². The van der Waals surface area contributed by atoms with Crippen molar-refractivity contribution in [2.45, 2.75) is 13.2 Å². The molecule has 0 amide bonds. The summed E-state index contributed by atoms with van der Waals surface area (Å²) in [5.41, 5.74) is 1.21. The summed E-state index contributed by atoms with van der Waals surface area (Å²) in [5, 5.41) is 9.70. The molecule has 1 N–H and O–H groups in total. The molecule has 0 aromatic heterocycles. The topological polar surface area (TPSA) is 29.5 Å². The molecule has 0 spiro atoms. The van der Waals surface area contributed by atoms with Crippen molar-refractivity contribution in [1.29, 1.82) is 0 Å². The van der Waals surface area contributed by atoms with Gasteiger partial charge in [-0.05, 0) is 40.2 Å². The van der Waals surface area contributed by atoms with E-state index in [4.69, 9.17) is 16.3 Å². The zero-order valence-electron chi connectivity index (χ0n) is 9.87. The Labute approximate surface area is 123 Å². The number of rotatable bonds is 4. The molecule has 2 nitrogen and oxygen atoms in total. The zero-order valence-corrected chi connectivity index (χ0v) is 12.2. The van der Waals surface area contributed by atoms with Gasteiger partial charge in [-0.3, -0.25) is 0 Å². The monoisotopic (exact) mass is 344 g/mol. The SMILES string of the molecule is OCc1cccc(Br)c1OCc1cc(F)ccc1Cl. The molecular formula is C14H11BrClFO2. The molecule has 100 valence electrons. The van der Waals surface area contributed by atoms with Crippen LogP contribution < -0.4 is 4.74 Å². The van der Waals surface area contributed by atoms with Crippen LogP contribution in [0.5, 0.6) is 5.75 Å². The van der Waals surface area contributed by atoms with Crippen LogP contribution in [0.15, 0.2) is 40.9 Å². The average molecular weight is 346 g/mol. The van der Waals surface area contributed by atoms with E-state index in [2.05, 4.69) is 15.9 Å². The first-order valence-corrected chi connectivity index (χ1v) is 6.74. The van der Waals surface area contributed by atoms with E-state index < -0.39 is 0 Å². The number of hydrogen-bond donors (Lipinski definition) is 1. The van der Waals surface area contributed by atoms with Gasteiger partial charge in [0.15, 0.2) is 0 Å². The Bertz CT molecular complexity index is 590. The van der Waals surface area contributed by atoms with Crippen molar-refractivity contribution in [3.05, 3.63) is 62.8 Å². The predicted octanol–water partition coefficient (Wildman–Crippen LogP) is 4.31. The van der Waals surface area contributed by atoms with E-state index in [9.17, 15) is 9.50 Å². The first-order valence-electron chi connectivity index (χ1n) is 5.57. The number of benzene rings is 2. The molecule has 0 atom stereocenters. The molecule has 2 aromatic carbocycles. The van der Waals surface area contributed by atoms with Crippen molar-refractivity contribution in [2.75, 3.05) is 0 Å². The quantitative estimate of drug-likeness (QED) is 0.894. The van der Waals surface area contributed by atoms with Crippen LogP contribution >= 0.6 is 27.5 Å². The van der Waals surface area contributed by atoms with Crippen LogP contribution in [0.1, 0.15) is 11.1 Å². The standard InChI is InChI=1S/C14H11BrClFO2/c15-12-3-1-2-9(7-18)14(12)19-8-10-6-11(17)4-5-13(10)16/h1-6,18H,7-8H2. The molecule has 0 saturated carbocycles. The minimum absolute atomic E-state index is 0.131. The van der Waals surface area contributed by atoms with Crippen molar-refractivity contribution in [1.82, 2.24) is 0 Å². The summed E-state index contributed by atoms with van der Waals surface area (Å²) in [7, 11) is 0. The van der Waals surface area contributed by atoms with E-state index in [1.807, 2.05) is 6.07 Å². The molecule has 0 aliphatic rings. The first kappa shape index (κ1) is 14.3. The molecule has 2 aromatic rings. The van der Waals surface area contributed by atoms with Gasteiger partial charge in [0.25, 0.3) is 0 Å². The number of para-hydroxylation sites is 1. The fourth-order valence-electron chi connectivity index (χ4n) is 1.64. The van der Waals surface area contributed by atoms with E-state index in [0.29, 0.717) is 21.9 Å². The van der Waals surface area contributed by atoms with Gasteiger partial charge in [0.2, 0.25) is 0 Å². The molecule has 0 radical (unpaired) electrons. The number of hydrogen-bond acceptors (Lipinski definition) is 2. The van der Waals surface area contributed by atoms with Crippen molar-refractivity contribution in [3.8, 4) is 5.75 Å². The summed E-state index contributed by atoms with van der Waals surface area (Å²) in [6, 6.07) is 9.48. The Morgan fingerprint density at radius 2 is 2.00 bits per heavy atom. The van der Waals surface area contributed by atoms with E-state index in [1.165, 1.54) is 18.2 Å². The molecule has 0 saturated heterocycles. The van der Waals surface area contributed by atoms with E-state index in [1.54, 1.807) is 12.1 Å². The third kappa shape index (κ3) is 3.47. The maximum atomic E-state index is 13.1. The second kappa shape index (κ2) is 6.37. The number of aliphatic hydroxyl groups excluding tert-OH is 1. The number of ether oxygens (including phenoxy) is 1. The fraction of sp³-hybridized carbons (Fsp3) is 0.143. The smallest absolute Gasteiger partial charge is 0.139 e. The molecule has 0 unspecified atom stereocenters. The first-order chi connectivity index (χ1) is 9.11. The van der Waals surface area contributed by atoms with Gasteiger partial charge < -0.3 is 9.84 Å². The zero-order chi connectivity index (χ0) is 13.8. The average Bonchev–Trinajstić information content (AvgIpc) is 2.40. The minimum Gasteiger partial charge on any atom is -0.487 e. The second-order valence-corrected chi connectivity index (χ2v) is 5.17. The van der Waals surface area contributed by atoms with Crippen LogP contribution in [-0.4, -0.2) is 5.11 Å². The van der Waals surface area contributed by atoms with Crippen LogP contribution in [0.25, 0.3) is 0 Å². The summed E-state index contributed by atoms with van der Waals surface area (Å²) >= 11 is 9.32. The van der Waals surface area contributed by atoms with Crippen LogP contribution in [-0.2, 0) is 13.2 Å². The third-order valence-corrected chi connectivity index (χ3v) is 3.59. The Hall–Kier alpha value is -1.10. The molecule has 0 heterocycles. The van der Waals surface area contributed by atoms with E-state index in [-0.39, 0.29) is 19.0 Å². The summed E-state index contributed by atoms with van der Waals surface area (Å²) in [6.45, 7) is -0.00212. The maximum Gasteiger partial charge on any atom is 0.139 e. The molecule has 0 aliphatic heterocycles. The van der Waals surface area contributed by atoms with Crippen molar-refractivity contribution in [3.63, 3.8) is 0 Å². The fourth-order valence-corrected chi connectivity index (χ4v) is 2.34. The van der Waals surface area contributed by atoms with E-state index >= 15 is 0 Å². The van der Waals surface area contributed by atoms with E-state index in [0.717, 1.165) is 4.47 Å². The molecule has 19 heavy (non-hydrogen) atoms. The Kier molecular flexibility index (Phi) is 4.80. The molecular weight excluding hydrogens is 335 g/mol. The number of halogens is 3. The summed E-state index contributed by atoms with van der Waals surface area (Å²) < 4.78 is 19.5. The largest absolute Gasteiger partial charge is 0.487 e. The van der Waals surface area contributed by atoms with Crippen LogP contribution in [0.3, 0.4) is 0 Å². The lowest BCUT2D eigenvalue weighted by Crippen LogP contribution is -2.00. The highest BCUT2D eigenvalue weighted by molar-refractivity contribution is 9.10. The van der Waals surface area contributed by atoms with Crippen LogP contribution in [0.2, 0.25) is 5.02 Å². The molecule has 0 fully saturated rings. The highest BCUT2D eigenvalue weighted by Gasteiger charge is 2.09. The molecule has 2 rings (SSSR count). The second-order valence-electron chi connectivity index (χ2n) is 3.91. The predicted molar refractivity (Wildman–Crippen MR) is 75.8 cm³/mol. The highest BCUT2D eigenvalue weighted by atomic mass is 79.9. The molecule has 0 aliphatic carbocycles. The summed E-state index contributed by atoms with van der Waals surface area (Å²) in [4.78, 5) is 0. The Morgan fingerprint density at radius 1 is 1.21 bits per heavy atom. The van der Waals surface area contributed by atoms with Crippen molar-refractivity contribution in [2.24, 2.45) is 0 Å². The van der Waals surface area contributed by atoms with Gasteiger partial charge in [-0.25, -0.2) is 4.39 Å². The third-order valence-electron chi connectivity index (χ3n) is 2.60. The van der Waals surface area contributed by atoms with Gasteiger partial charge in [-0.2, -0.15) is 0 Å². The van der Waals surface area contributed by atoms with Gasteiger partial charge in [0.1, 0.15) is 18.2 Å². The summed E-state index contributed by atoms with van der Waals surface area (Å²) in [5.74, 6) is 0.169. The summed E-state index contributed by atoms with van der Waals surface area (Å²) in [6.07, 6.45) is 0. The van der Waals surface area contributed by atoms with Gasteiger partial charge >= 0.3 is 0 Å². The Balaban J connectivity index is 2.21. The molecule has 0 bridgehead atoms. The van der Waals surface area contributed by atoms with Crippen LogP contribution in [0.4, 0.5) is 4.39 Å². The molecule has 5 heteroatoms. The lowest BCUT2D eigenvalue weighted by atomic mass is 10.2.